The van der Waals surface area contributed by atoms with Gasteiger partial charge >= 0.3 is 0 Å². The number of hydrogen-bond acceptors (Lipinski definition) is 3. The smallest absolute Gasteiger partial charge is 0.163 e. The summed E-state index contributed by atoms with van der Waals surface area (Å²) in [7, 11) is 1.62. The molecule has 20 heavy (non-hydrogen) atoms. The third kappa shape index (κ3) is 2.67. The predicted molar refractivity (Wildman–Crippen MR) is 79.5 cm³/mol. The van der Waals surface area contributed by atoms with E-state index in [1.54, 1.807) is 25.3 Å². The quantitative estimate of drug-likeness (QED) is 0.859. The minimum atomic E-state index is -0.157. The number of phenols is 1. The summed E-state index contributed by atoms with van der Waals surface area (Å²) in [6, 6.07) is 11.0. The van der Waals surface area contributed by atoms with Crippen LogP contribution in [0.3, 0.4) is 0 Å². The van der Waals surface area contributed by atoms with Gasteiger partial charge in [0.2, 0.25) is 0 Å². The summed E-state index contributed by atoms with van der Waals surface area (Å²) >= 11 is 0. The van der Waals surface area contributed by atoms with Gasteiger partial charge in [0, 0.05) is 5.56 Å². The van der Waals surface area contributed by atoms with Crippen LogP contribution in [0.1, 0.15) is 29.8 Å². The number of hydrogen-bond donors (Lipinski definition) is 1. The van der Waals surface area contributed by atoms with Crippen molar-refractivity contribution in [2.75, 3.05) is 7.11 Å². The Morgan fingerprint density at radius 1 is 1.20 bits per heavy atom. The van der Waals surface area contributed by atoms with Crippen molar-refractivity contribution in [3.8, 4) is 22.6 Å². The number of carbonyl (C=O) groups excluding carboxylic acids is 1. The van der Waals surface area contributed by atoms with Gasteiger partial charge in [-0.3, -0.25) is 4.79 Å². The number of rotatable bonds is 4. The summed E-state index contributed by atoms with van der Waals surface area (Å²) in [5, 5.41) is 9.73. The minimum absolute atomic E-state index is 0.00635. The van der Waals surface area contributed by atoms with Crippen molar-refractivity contribution in [3.05, 3.63) is 47.5 Å². The van der Waals surface area contributed by atoms with E-state index >= 15 is 0 Å². The zero-order chi connectivity index (χ0) is 14.7. The van der Waals surface area contributed by atoms with Crippen LogP contribution in [0.2, 0.25) is 0 Å². The van der Waals surface area contributed by atoms with Gasteiger partial charge in [-0.15, -0.1) is 0 Å². The molecule has 0 heterocycles. The zero-order valence-electron chi connectivity index (χ0n) is 11.9. The van der Waals surface area contributed by atoms with Gasteiger partial charge in [0.15, 0.2) is 5.78 Å². The van der Waals surface area contributed by atoms with Gasteiger partial charge in [-0.25, -0.2) is 0 Å². The van der Waals surface area contributed by atoms with E-state index in [-0.39, 0.29) is 11.5 Å². The molecule has 0 amide bonds. The maximum absolute atomic E-state index is 11.5. The molecule has 0 aliphatic heterocycles. The average molecular weight is 270 g/mol. The van der Waals surface area contributed by atoms with Crippen LogP contribution in [-0.4, -0.2) is 18.0 Å². The Bertz CT molecular complexity index is 645. The molecule has 0 bridgehead atoms. The van der Waals surface area contributed by atoms with Crippen LogP contribution in [0.15, 0.2) is 36.4 Å². The fourth-order valence-corrected chi connectivity index (χ4v) is 2.19. The summed E-state index contributed by atoms with van der Waals surface area (Å²) in [5.41, 5.74) is 3.30. The van der Waals surface area contributed by atoms with Gasteiger partial charge in [0.05, 0.1) is 12.7 Å². The third-order valence-corrected chi connectivity index (χ3v) is 3.36. The molecule has 0 fully saturated rings. The molecule has 0 saturated carbocycles. The van der Waals surface area contributed by atoms with Gasteiger partial charge in [-0.1, -0.05) is 19.1 Å². The number of carbonyl (C=O) groups is 1. The van der Waals surface area contributed by atoms with Crippen molar-refractivity contribution in [2.45, 2.75) is 20.3 Å². The lowest BCUT2D eigenvalue weighted by Gasteiger charge is -2.12. The van der Waals surface area contributed by atoms with Gasteiger partial charge < -0.3 is 9.84 Å². The Morgan fingerprint density at radius 2 is 1.95 bits per heavy atom. The summed E-state index contributed by atoms with van der Waals surface area (Å²) < 4.78 is 5.38. The molecule has 0 unspecified atom stereocenters. The highest BCUT2D eigenvalue weighted by Crippen LogP contribution is 2.33. The van der Waals surface area contributed by atoms with Crippen molar-refractivity contribution in [1.29, 1.82) is 0 Å². The van der Waals surface area contributed by atoms with E-state index in [2.05, 4.69) is 13.0 Å². The Kier molecular flexibility index (Phi) is 4.08. The van der Waals surface area contributed by atoms with Crippen molar-refractivity contribution in [2.24, 2.45) is 0 Å². The van der Waals surface area contributed by atoms with E-state index in [4.69, 9.17) is 4.74 Å². The molecule has 0 spiro atoms. The average Bonchev–Trinajstić information content (AvgIpc) is 2.46. The fraction of sp³-hybridized carbons (Fsp3) is 0.235. The van der Waals surface area contributed by atoms with E-state index < -0.39 is 0 Å². The first-order valence-corrected chi connectivity index (χ1v) is 6.58. The van der Waals surface area contributed by atoms with E-state index in [1.165, 1.54) is 12.5 Å². The first-order valence-electron chi connectivity index (χ1n) is 6.58. The molecule has 0 saturated heterocycles. The lowest BCUT2D eigenvalue weighted by Crippen LogP contribution is -1.95. The molecule has 3 heteroatoms. The number of Topliss-reactive ketones (excluding diaryl/α,β-unsaturated/α-hetero) is 1. The Balaban J connectivity index is 2.61. The number of aromatic hydroxyl groups is 1. The topological polar surface area (TPSA) is 46.5 Å². The Labute approximate surface area is 118 Å². The SMILES string of the molecule is CCc1ccc(OC)c(-c2ccc(O)c(C(C)=O)c2)c1. The largest absolute Gasteiger partial charge is 0.507 e. The normalized spacial score (nSPS) is 10.3. The number of benzene rings is 2. The highest BCUT2D eigenvalue weighted by molar-refractivity contribution is 5.98. The van der Waals surface area contributed by atoms with Gasteiger partial charge in [-0.05, 0) is 48.7 Å². The number of ether oxygens (including phenoxy) is 1. The third-order valence-electron chi connectivity index (χ3n) is 3.36. The van der Waals surface area contributed by atoms with Crippen LogP contribution in [-0.2, 0) is 6.42 Å². The lowest BCUT2D eigenvalue weighted by molar-refractivity contribution is 0.101. The molecule has 0 aliphatic rings. The highest BCUT2D eigenvalue weighted by Gasteiger charge is 2.12. The number of ketones is 1. The summed E-state index contributed by atoms with van der Waals surface area (Å²) in [4.78, 5) is 11.5. The first-order chi connectivity index (χ1) is 9.56. The molecule has 0 aromatic heterocycles. The molecular weight excluding hydrogens is 252 g/mol. The second kappa shape index (κ2) is 5.78. The van der Waals surface area contributed by atoms with Gasteiger partial charge in [0.25, 0.3) is 0 Å². The lowest BCUT2D eigenvalue weighted by atomic mass is 9.98. The van der Waals surface area contributed by atoms with E-state index in [0.717, 1.165) is 23.3 Å². The van der Waals surface area contributed by atoms with Crippen LogP contribution in [0.5, 0.6) is 11.5 Å². The monoisotopic (exact) mass is 270 g/mol. The molecule has 2 aromatic rings. The fourth-order valence-electron chi connectivity index (χ4n) is 2.19. The molecule has 2 rings (SSSR count). The number of aryl methyl sites for hydroxylation is 1. The predicted octanol–water partition coefficient (Wildman–Crippen LogP) is 3.83. The van der Waals surface area contributed by atoms with E-state index in [0.29, 0.717) is 5.56 Å². The molecular formula is C17H18O3. The van der Waals surface area contributed by atoms with Crippen molar-refractivity contribution in [3.63, 3.8) is 0 Å². The van der Waals surface area contributed by atoms with Crippen LogP contribution in [0.25, 0.3) is 11.1 Å². The van der Waals surface area contributed by atoms with Gasteiger partial charge in [0.1, 0.15) is 11.5 Å². The minimum Gasteiger partial charge on any atom is -0.507 e. The Morgan fingerprint density at radius 3 is 2.55 bits per heavy atom. The summed E-state index contributed by atoms with van der Waals surface area (Å²) in [6.07, 6.45) is 0.925. The second-order valence-electron chi connectivity index (χ2n) is 4.68. The first kappa shape index (κ1) is 14.1. The molecule has 0 atom stereocenters. The molecule has 3 nitrogen and oxygen atoms in total. The molecule has 2 aromatic carbocycles. The van der Waals surface area contributed by atoms with Crippen LogP contribution in [0, 0.1) is 0 Å². The summed E-state index contributed by atoms with van der Waals surface area (Å²) in [6.45, 7) is 3.53. The zero-order valence-corrected chi connectivity index (χ0v) is 11.9. The highest BCUT2D eigenvalue weighted by atomic mass is 16.5. The van der Waals surface area contributed by atoms with Crippen LogP contribution >= 0.6 is 0 Å². The number of phenolic OH excluding ortho intramolecular Hbond substituents is 1. The van der Waals surface area contributed by atoms with Crippen molar-refractivity contribution < 1.29 is 14.6 Å². The van der Waals surface area contributed by atoms with Crippen LogP contribution < -0.4 is 4.74 Å². The van der Waals surface area contributed by atoms with Crippen LogP contribution in [0.4, 0.5) is 0 Å². The van der Waals surface area contributed by atoms with Gasteiger partial charge in [-0.2, -0.15) is 0 Å². The molecule has 104 valence electrons. The molecule has 0 radical (unpaired) electrons. The van der Waals surface area contributed by atoms with E-state index in [9.17, 15) is 9.90 Å². The molecule has 1 N–H and O–H groups in total. The molecule has 0 aliphatic carbocycles. The Hall–Kier alpha value is -2.29. The number of methoxy groups -OCH3 is 1. The van der Waals surface area contributed by atoms with Crippen molar-refractivity contribution >= 4 is 5.78 Å². The second-order valence-corrected chi connectivity index (χ2v) is 4.68. The van der Waals surface area contributed by atoms with Crippen molar-refractivity contribution in [1.82, 2.24) is 0 Å². The maximum atomic E-state index is 11.5. The summed E-state index contributed by atoms with van der Waals surface area (Å²) in [5.74, 6) is 0.601. The van der Waals surface area contributed by atoms with E-state index in [1.807, 2.05) is 12.1 Å². The standard InChI is InChI=1S/C17H18O3/c1-4-12-5-8-17(20-3)15(9-12)13-6-7-16(19)14(10-13)11(2)18/h5-10,19H,4H2,1-3H3. The maximum Gasteiger partial charge on any atom is 0.163 e.